The van der Waals surface area contributed by atoms with Crippen LogP contribution in [0.3, 0.4) is 0 Å². The van der Waals surface area contributed by atoms with E-state index < -0.39 is 0 Å². The maximum absolute atomic E-state index is 12.5. The fraction of sp³-hybridized carbons (Fsp3) is 0.938. The highest BCUT2D eigenvalue weighted by Crippen LogP contribution is 2.34. The van der Waals surface area contributed by atoms with Gasteiger partial charge in [0.2, 0.25) is 5.91 Å². The molecule has 1 aliphatic carbocycles. The fourth-order valence-corrected chi connectivity index (χ4v) is 2.70. The monoisotopic (exact) mass is 283 g/mol. The van der Waals surface area contributed by atoms with Crippen LogP contribution in [0.2, 0.25) is 0 Å². The number of carbonyl (C=O) groups excluding carboxylic acids is 1. The summed E-state index contributed by atoms with van der Waals surface area (Å²) in [6, 6.07) is 0.387. The summed E-state index contributed by atoms with van der Waals surface area (Å²) in [6.07, 6.45) is 7.02. The molecule has 0 aromatic rings. The Kier molecular flexibility index (Phi) is 8.15. The van der Waals surface area contributed by atoms with Crippen molar-refractivity contribution in [2.75, 3.05) is 33.2 Å². The van der Waals surface area contributed by atoms with Gasteiger partial charge in [0.1, 0.15) is 0 Å². The molecule has 0 saturated heterocycles. The lowest BCUT2D eigenvalue weighted by molar-refractivity contribution is -0.132. The van der Waals surface area contributed by atoms with Crippen LogP contribution in [-0.4, -0.2) is 55.0 Å². The number of nitrogens with zero attached hydrogens (tertiary/aromatic N) is 2. The molecule has 20 heavy (non-hydrogen) atoms. The molecule has 1 fully saturated rings. The minimum Gasteiger partial charge on any atom is -0.342 e. The Balaban J connectivity index is 2.45. The first kappa shape index (κ1) is 17.4. The third-order valence-corrected chi connectivity index (χ3v) is 4.27. The van der Waals surface area contributed by atoms with Gasteiger partial charge in [-0.2, -0.15) is 0 Å². The van der Waals surface area contributed by atoms with E-state index in [2.05, 4.69) is 18.7 Å². The highest BCUT2D eigenvalue weighted by molar-refractivity contribution is 5.78. The maximum atomic E-state index is 12.5. The van der Waals surface area contributed by atoms with Crippen molar-refractivity contribution in [3.63, 3.8) is 0 Å². The zero-order chi connectivity index (χ0) is 15.0. The zero-order valence-electron chi connectivity index (χ0n) is 13.6. The molecule has 4 nitrogen and oxygen atoms in total. The molecule has 2 N–H and O–H groups in total. The molecule has 1 saturated carbocycles. The van der Waals surface area contributed by atoms with Crippen molar-refractivity contribution in [3.05, 3.63) is 0 Å². The first-order valence-corrected chi connectivity index (χ1v) is 8.32. The Hall–Kier alpha value is -0.610. The fourth-order valence-electron chi connectivity index (χ4n) is 2.70. The number of carbonyl (C=O) groups is 1. The van der Waals surface area contributed by atoms with Crippen molar-refractivity contribution in [2.45, 2.75) is 58.4 Å². The predicted octanol–water partition coefficient (Wildman–Crippen LogP) is 2.08. The van der Waals surface area contributed by atoms with Crippen LogP contribution in [0.1, 0.15) is 52.4 Å². The van der Waals surface area contributed by atoms with Gasteiger partial charge in [-0.3, -0.25) is 9.69 Å². The van der Waals surface area contributed by atoms with E-state index in [-0.39, 0.29) is 5.91 Å². The van der Waals surface area contributed by atoms with E-state index in [0.717, 1.165) is 44.7 Å². The number of rotatable bonds is 11. The molecule has 0 heterocycles. The van der Waals surface area contributed by atoms with Crippen LogP contribution in [0.4, 0.5) is 0 Å². The largest absolute Gasteiger partial charge is 0.342 e. The quantitative estimate of drug-likeness (QED) is 0.631. The molecular weight excluding hydrogens is 250 g/mol. The number of unbranched alkanes of at least 4 members (excludes halogenated alkanes) is 2. The minimum absolute atomic E-state index is 0.272. The van der Waals surface area contributed by atoms with Gasteiger partial charge in [-0.1, -0.05) is 26.7 Å². The van der Waals surface area contributed by atoms with Crippen LogP contribution in [0.15, 0.2) is 0 Å². The molecule has 1 amide bonds. The molecule has 0 aliphatic heterocycles. The molecule has 0 aromatic carbocycles. The highest BCUT2D eigenvalue weighted by Gasteiger charge is 2.33. The SMILES string of the molecule is CCCCN(CCCC)C(=O)CN(C)C(CN)C1CC1. The molecule has 0 aromatic heterocycles. The lowest BCUT2D eigenvalue weighted by atomic mass is 10.1. The third-order valence-electron chi connectivity index (χ3n) is 4.27. The van der Waals surface area contributed by atoms with Crippen LogP contribution >= 0.6 is 0 Å². The van der Waals surface area contributed by atoms with Crippen LogP contribution < -0.4 is 5.73 Å². The maximum Gasteiger partial charge on any atom is 0.236 e. The zero-order valence-corrected chi connectivity index (χ0v) is 13.6. The molecule has 118 valence electrons. The summed E-state index contributed by atoms with van der Waals surface area (Å²) < 4.78 is 0. The summed E-state index contributed by atoms with van der Waals surface area (Å²) in [4.78, 5) is 16.7. The first-order valence-electron chi connectivity index (χ1n) is 8.32. The molecule has 1 rings (SSSR count). The molecule has 1 atom stereocenters. The normalized spacial score (nSPS) is 16.4. The van der Waals surface area contributed by atoms with Crippen molar-refractivity contribution >= 4 is 5.91 Å². The summed E-state index contributed by atoms with van der Waals surface area (Å²) in [6.45, 7) is 7.34. The second-order valence-corrected chi connectivity index (χ2v) is 6.14. The third kappa shape index (κ3) is 5.80. The minimum atomic E-state index is 0.272. The molecule has 0 spiro atoms. The average Bonchev–Trinajstić information content (AvgIpc) is 3.24. The van der Waals surface area contributed by atoms with Gasteiger partial charge in [-0.05, 0) is 38.6 Å². The lowest BCUT2D eigenvalue weighted by Gasteiger charge is -2.30. The number of likely N-dealkylation sites (N-methyl/N-ethyl adjacent to an activating group) is 1. The summed E-state index contributed by atoms with van der Waals surface area (Å²) in [5.74, 6) is 0.992. The average molecular weight is 283 g/mol. The summed E-state index contributed by atoms with van der Waals surface area (Å²) in [5, 5.41) is 0. The Morgan fingerprint density at radius 2 is 1.75 bits per heavy atom. The molecule has 0 bridgehead atoms. The van der Waals surface area contributed by atoms with Gasteiger partial charge in [0, 0.05) is 25.7 Å². The van der Waals surface area contributed by atoms with Gasteiger partial charge in [-0.15, -0.1) is 0 Å². The molecule has 0 radical (unpaired) electrons. The second kappa shape index (κ2) is 9.35. The van der Waals surface area contributed by atoms with Gasteiger partial charge >= 0.3 is 0 Å². The topological polar surface area (TPSA) is 49.6 Å². The Labute approximate surface area is 124 Å². The molecular formula is C16H33N3O. The van der Waals surface area contributed by atoms with E-state index in [4.69, 9.17) is 5.73 Å². The van der Waals surface area contributed by atoms with Crippen LogP contribution in [0.25, 0.3) is 0 Å². The number of hydrogen-bond acceptors (Lipinski definition) is 3. The van der Waals surface area contributed by atoms with E-state index in [1.54, 1.807) is 0 Å². The number of amides is 1. The van der Waals surface area contributed by atoms with E-state index in [0.29, 0.717) is 19.1 Å². The lowest BCUT2D eigenvalue weighted by Crippen LogP contribution is -2.46. The van der Waals surface area contributed by atoms with Gasteiger partial charge in [0.05, 0.1) is 6.54 Å². The number of nitrogens with two attached hydrogens (primary N) is 1. The van der Waals surface area contributed by atoms with E-state index >= 15 is 0 Å². The smallest absolute Gasteiger partial charge is 0.236 e. The van der Waals surface area contributed by atoms with Crippen molar-refractivity contribution in [3.8, 4) is 0 Å². The Bertz CT molecular complexity index is 271. The number of hydrogen-bond donors (Lipinski definition) is 1. The van der Waals surface area contributed by atoms with Crippen LogP contribution in [0, 0.1) is 5.92 Å². The molecule has 1 unspecified atom stereocenters. The van der Waals surface area contributed by atoms with Crippen LogP contribution in [0.5, 0.6) is 0 Å². The van der Waals surface area contributed by atoms with Crippen molar-refractivity contribution in [2.24, 2.45) is 11.7 Å². The highest BCUT2D eigenvalue weighted by atomic mass is 16.2. The van der Waals surface area contributed by atoms with Gasteiger partial charge in [0.25, 0.3) is 0 Å². The predicted molar refractivity (Wildman–Crippen MR) is 84.6 cm³/mol. The van der Waals surface area contributed by atoms with Crippen molar-refractivity contribution in [1.82, 2.24) is 9.80 Å². The summed E-state index contributed by atoms with van der Waals surface area (Å²) in [7, 11) is 2.05. The van der Waals surface area contributed by atoms with Crippen molar-refractivity contribution < 1.29 is 4.79 Å². The van der Waals surface area contributed by atoms with E-state index in [1.165, 1.54) is 12.8 Å². The summed E-state index contributed by atoms with van der Waals surface area (Å²) >= 11 is 0. The van der Waals surface area contributed by atoms with Gasteiger partial charge in [-0.25, -0.2) is 0 Å². The van der Waals surface area contributed by atoms with Crippen molar-refractivity contribution in [1.29, 1.82) is 0 Å². The first-order chi connectivity index (χ1) is 9.63. The van der Waals surface area contributed by atoms with E-state index in [1.807, 2.05) is 11.9 Å². The summed E-state index contributed by atoms with van der Waals surface area (Å²) in [5.41, 5.74) is 5.86. The Morgan fingerprint density at radius 1 is 1.20 bits per heavy atom. The van der Waals surface area contributed by atoms with Gasteiger partial charge in [0.15, 0.2) is 0 Å². The van der Waals surface area contributed by atoms with E-state index in [9.17, 15) is 4.79 Å². The van der Waals surface area contributed by atoms with Crippen LogP contribution in [-0.2, 0) is 4.79 Å². The van der Waals surface area contributed by atoms with Gasteiger partial charge < -0.3 is 10.6 Å². The molecule has 1 aliphatic rings. The second-order valence-electron chi connectivity index (χ2n) is 6.14. The standard InChI is InChI=1S/C16H33N3O/c1-4-6-10-19(11-7-5-2)16(20)13-18(3)15(12-17)14-8-9-14/h14-15H,4-13,17H2,1-3H3. The molecule has 4 heteroatoms. The Morgan fingerprint density at radius 3 is 2.15 bits per heavy atom.